The minimum absolute atomic E-state index is 0.139. The van der Waals surface area contributed by atoms with E-state index in [2.05, 4.69) is 36.8 Å². The van der Waals surface area contributed by atoms with Crippen LogP contribution >= 0.6 is 31.9 Å². The van der Waals surface area contributed by atoms with Crippen LogP contribution in [0.4, 0.5) is 19.4 Å². The highest BCUT2D eigenvalue weighted by molar-refractivity contribution is 9.11. The van der Waals surface area contributed by atoms with E-state index in [1.807, 2.05) is 0 Å². The Morgan fingerprint density at radius 2 is 1.77 bits per heavy atom. The highest BCUT2D eigenvalue weighted by Crippen LogP contribution is 2.28. The smallest absolute Gasteiger partial charge is 0.416 e. The maximum atomic E-state index is 13.4. The minimum atomic E-state index is -0.696. The molecule has 1 heterocycles. The van der Waals surface area contributed by atoms with E-state index in [1.165, 1.54) is 17.0 Å². The monoisotopic (exact) mass is 490 g/mol. The van der Waals surface area contributed by atoms with Gasteiger partial charge >= 0.3 is 6.09 Å². The number of benzene rings is 1. The van der Waals surface area contributed by atoms with Gasteiger partial charge in [0.2, 0.25) is 0 Å². The lowest BCUT2D eigenvalue weighted by molar-refractivity contribution is 0.0579. The first-order valence-corrected chi connectivity index (χ1v) is 9.41. The van der Waals surface area contributed by atoms with Gasteiger partial charge in [0.1, 0.15) is 21.8 Å². The number of hydrogen-bond donors (Lipinski definition) is 0. The van der Waals surface area contributed by atoms with Crippen LogP contribution in [0, 0.1) is 11.6 Å². The molecule has 0 radical (unpaired) electrons. The molecule has 0 aliphatic rings. The van der Waals surface area contributed by atoms with Crippen LogP contribution in [0.15, 0.2) is 39.4 Å². The summed E-state index contributed by atoms with van der Waals surface area (Å²) in [5, 5.41) is 0. The molecule has 26 heavy (non-hydrogen) atoms. The molecule has 0 unspecified atom stereocenters. The van der Waals surface area contributed by atoms with E-state index >= 15 is 0 Å². The Balaban J connectivity index is 2.31. The number of halogens is 4. The molecule has 4 nitrogen and oxygen atoms in total. The summed E-state index contributed by atoms with van der Waals surface area (Å²) in [6.07, 6.45) is -0.366. The average Bonchev–Trinajstić information content (AvgIpc) is 2.48. The summed E-state index contributed by atoms with van der Waals surface area (Å²) in [5.41, 5.74) is -0.263. The fourth-order valence-electron chi connectivity index (χ4n) is 2.19. The maximum absolute atomic E-state index is 13.4. The molecule has 0 bridgehead atoms. The largest absolute Gasteiger partial charge is 0.443 e. The van der Waals surface area contributed by atoms with Crippen LogP contribution in [-0.2, 0) is 11.2 Å². The van der Waals surface area contributed by atoms with Gasteiger partial charge in [0.05, 0.1) is 4.47 Å². The fourth-order valence-corrected chi connectivity index (χ4v) is 2.93. The van der Waals surface area contributed by atoms with Gasteiger partial charge in [-0.05, 0) is 88.9 Å². The average molecular weight is 492 g/mol. The Morgan fingerprint density at radius 3 is 2.35 bits per heavy atom. The lowest BCUT2D eigenvalue weighted by Gasteiger charge is -2.27. The molecule has 140 valence electrons. The van der Waals surface area contributed by atoms with Crippen molar-refractivity contribution in [1.29, 1.82) is 0 Å². The highest BCUT2D eigenvalue weighted by atomic mass is 79.9. The standard InChI is InChI=1S/C18H18Br2F2N2O2/c1-18(2,3)26-17(25)24(16-14(19)4-5-15(20)23-16)7-6-11-8-12(21)10-13(22)9-11/h4-5,8-10H,6-7H2,1-3H3. The van der Waals surface area contributed by atoms with E-state index in [1.54, 1.807) is 32.9 Å². The number of carbonyl (C=O) groups is 1. The Kier molecular flexibility index (Phi) is 6.74. The van der Waals surface area contributed by atoms with Crippen LogP contribution in [0.3, 0.4) is 0 Å². The van der Waals surface area contributed by atoms with Gasteiger partial charge in [0, 0.05) is 12.6 Å². The molecule has 1 aromatic heterocycles. The first-order valence-electron chi connectivity index (χ1n) is 7.83. The first-order chi connectivity index (χ1) is 12.0. The van der Waals surface area contributed by atoms with Crippen molar-refractivity contribution in [2.45, 2.75) is 32.8 Å². The fraction of sp³-hybridized carbons (Fsp3) is 0.333. The number of anilines is 1. The highest BCUT2D eigenvalue weighted by Gasteiger charge is 2.26. The topological polar surface area (TPSA) is 42.4 Å². The van der Waals surface area contributed by atoms with Crippen LogP contribution in [0.1, 0.15) is 26.3 Å². The van der Waals surface area contributed by atoms with Gasteiger partial charge < -0.3 is 4.74 Å². The molecular weight excluding hydrogens is 474 g/mol. The summed E-state index contributed by atoms with van der Waals surface area (Å²) in [6.45, 7) is 5.41. The number of carbonyl (C=O) groups excluding carboxylic acids is 1. The van der Waals surface area contributed by atoms with Crippen molar-refractivity contribution >= 4 is 43.8 Å². The zero-order valence-electron chi connectivity index (χ0n) is 14.5. The number of aromatic nitrogens is 1. The lowest BCUT2D eigenvalue weighted by Crippen LogP contribution is -2.39. The Labute approximate surface area is 167 Å². The third-order valence-electron chi connectivity index (χ3n) is 3.21. The Hall–Kier alpha value is -1.54. The van der Waals surface area contributed by atoms with Crippen molar-refractivity contribution in [2.24, 2.45) is 0 Å². The van der Waals surface area contributed by atoms with Crippen molar-refractivity contribution in [3.8, 4) is 0 Å². The summed E-state index contributed by atoms with van der Waals surface area (Å²) >= 11 is 6.66. The molecular formula is C18H18Br2F2N2O2. The third kappa shape index (κ3) is 6.02. The van der Waals surface area contributed by atoms with E-state index < -0.39 is 23.3 Å². The summed E-state index contributed by atoms with van der Waals surface area (Å²) in [6, 6.07) is 6.75. The van der Waals surface area contributed by atoms with Crippen LogP contribution < -0.4 is 4.90 Å². The number of rotatable bonds is 4. The predicted octanol–water partition coefficient (Wildman–Crippen LogP) is 5.87. The van der Waals surface area contributed by atoms with E-state index in [9.17, 15) is 13.6 Å². The molecule has 0 saturated heterocycles. The molecule has 0 aliphatic carbocycles. The van der Waals surface area contributed by atoms with Gasteiger partial charge in [-0.2, -0.15) is 0 Å². The lowest BCUT2D eigenvalue weighted by atomic mass is 10.1. The van der Waals surface area contributed by atoms with Crippen LogP contribution in [-0.4, -0.2) is 23.2 Å². The number of ether oxygens (including phenoxy) is 1. The molecule has 2 rings (SSSR count). The molecule has 1 amide bonds. The third-order valence-corrected chi connectivity index (χ3v) is 4.27. The zero-order valence-corrected chi connectivity index (χ0v) is 17.7. The summed E-state index contributed by atoms with van der Waals surface area (Å²) < 4.78 is 33.4. The molecule has 2 aromatic rings. The summed E-state index contributed by atoms with van der Waals surface area (Å²) in [4.78, 5) is 18.3. The van der Waals surface area contributed by atoms with Gasteiger partial charge in [-0.25, -0.2) is 18.6 Å². The Morgan fingerprint density at radius 1 is 1.15 bits per heavy atom. The molecule has 0 fully saturated rings. The number of amides is 1. The van der Waals surface area contributed by atoms with E-state index in [4.69, 9.17) is 4.74 Å². The molecule has 0 N–H and O–H groups in total. The first kappa shape index (κ1) is 20.8. The van der Waals surface area contributed by atoms with Crippen molar-refractivity contribution < 1.29 is 18.3 Å². The molecule has 8 heteroatoms. The van der Waals surface area contributed by atoms with E-state index in [0.29, 0.717) is 20.5 Å². The van der Waals surface area contributed by atoms with Crippen molar-refractivity contribution in [1.82, 2.24) is 4.98 Å². The van der Waals surface area contributed by atoms with Gasteiger partial charge in [-0.15, -0.1) is 0 Å². The van der Waals surface area contributed by atoms with Crippen LogP contribution in [0.25, 0.3) is 0 Å². The second-order valence-corrected chi connectivity index (χ2v) is 8.27. The molecule has 0 atom stereocenters. The second kappa shape index (κ2) is 8.43. The Bertz CT molecular complexity index is 790. The zero-order chi connectivity index (χ0) is 19.5. The van der Waals surface area contributed by atoms with Gasteiger partial charge in [-0.3, -0.25) is 4.90 Å². The van der Waals surface area contributed by atoms with E-state index in [-0.39, 0.29) is 13.0 Å². The SMILES string of the molecule is CC(C)(C)OC(=O)N(CCc1cc(F)cc(F)c1)c1nc(Br)ccc1Br. The van der Waals surface area contributed by atoms with Crippen molar-refractivity contribution in [2.75, 3.05) is 11.4 Å². The quantitative estimate of drug-likeness (QED) is 0.502. The minimum Gasteiger partial charge on any atom is -0.443 e. The molecule has 0 spiro atoms. The molecule has 0 aliphatic heterocycles. The van der Waals surface area contributed by atoms with Gasteiger partial charge in [0.25, 0.3) is 0 Å². The summed E-state index contributed by atoms with van der Waals surface area (Å²) in [7, 11) is 0. The number of nitrogens with zero attached hydrogens (tertiary/aromatic N) is 2. The van der Waals surface area contributed by atoms with Gasteiger partial charge in [0.15, 0.2) is 5.82 Å². The predicted molar refractivity (Wildman–Crippen MR) is 103 cm³/mol. The van der Waals surface area contributed by atoms with Crippen molar-refractivity contribution in [3.63, 3.8) is 0 Å². The van der Waals surface area contributed by atoms with E-state index in [0.717, 1.165) is 6.07 Å². The second-order valence-electron chi connectivity index (χ2n) is 6.60. The van der Waals surface area contributed by atoms with Crippen LogP contribution in [0.2, 0.25) is 0 Å². The number of hydrogen-bond acceptors (Lipinski definition) is 3. The maximum Gasteiger partial charge on any atom is 0.416 e. The van der Waals surface area contributed by atoms with Crippen molar-refractivity contribution in [3.05, 3.63) is 56.6 Å². The normalized spacial score (nSPS) is 11.3. The molecule has 0 saturated carbocycles. The van der Waals surface area contributed by atoms with Crippen LogP contribution in [0.5, 0.6) is 0 Å². The van der Waals surface area contributed by atoms with Gasteiger partial charge in [-0.1, -0.05) is 0 Å². The number of pyridine rings is 1. The summed E-state index contributed by atoms with van der Waals surface area (Å²) in [5.74, 6) is -0.971. The molecule has 1 aromatic carbocycles.